The number of benzene rings is 2. The number of rotatable bonds is 10. The average Bonchev–Trinajstić information content (AvgIpc) is 2.98. The lowest BCUT2D eigenvalue weighted by Gasteiger charge is -2.41. The minimum Gasteiger partial charge on any atom is -0.375 e. The smallest absolute Gasteiger partial charge is 0.253 e. The molecule has 2 aromatic carbocycles. The van der Waals surface area contributed by atoms with Crippen molar-refractivity contribution in [3.05, 3.63) is 78.0 Å². The molecule has 4 rings (SSSR count). The molecule has 2 unspecified atom stereocenters. The van der Waals surface area contributed by atoms with Crippen LogP contribution >= 0.6 is 0 Å². The first kappa shape index (κ1) is 30.0. The first-order chi connectivity index (χ1) is 19.8. The summed E-state index contributed by atoms with van der Waals surface area (Å²) in [6.07, 6.45) is 1.96. The van der Waals surface area contributed by atoms with E-state index in [2.05, 4.69) is 10.6 Å². The lowest BCUT2D eigenvalue weighted by molar-refractivity contribution is -0.147. The van der Waals surface area contributed by atoms with Gasteiger partial charge in [-0.05, 0) is 17.0 Å². The van der Waals surface area contributed by atoms with Gasteiger partial charge in [-0.25, -0.2) is 0 Å². The molecule has 0 bridgehead atoms. The summed E-state index contributed by atoms with van der Waals surface area (Å²) in [6.45, 7) is 5.76. The van der Waals surface area contributed by atoms with Crippen molar-refractivity contribution in [3.63, 3.8) is 0 Å². The molecule has 4 amide bonds. The maximum absolute atomic E-state index is 14.0. The van der Waals surface area contributed by atoms with Crippen LogP contribution in [0.25, 0.3) is 5.70 Å². The van der Waals surface area contributed by atoms with Crippen molar-refractivity contribution in [3.8, 4) is 0 Å². The summed E-state index contributed by atoms with van der Waals surface area (Å²) < 4.78 is 5.07. The fourth-order valence-corrected chi connectivity index (χ4v) is 5.25. The van der Waals surface area contributed by atoms with Crippen LogP contribution in [0.1, 0.15) is 25.0 Å². The molecule has 1 saturated heterocycles. The van der Waals surface area contributed by atoms with Gasteiger partial charge >= 0.3 is 0 Å². The number of nitrogens with zero attached hydrogens (tertiary/aromatic N) is 3. The highest BCUT2D eigenvalue weighted by Gasteiger charge is 2.41. The third-order valence-electron chi connectivity index (χ3n) is 7.27. The Kier molecular flexibility index (Phi) is 10.3. The van der Waals surface area contributed by atoms with Crippen LogP contribution in [0.2, 0.25) is 0 Å². The zero-order valence-corrected chi connectivity index (χ0v) is 23.9. The molecule has 2 atom stereocenters. The highest BCUT2D eigenvalue weighted by atomic mass is 16.5. The Labute approximate surface area is 241 Å². The molecule has 10 heteroatoms. The van der Waals surface area contributed by atoms with Gasteiger partial charge in [-0.1, -0.05) is 74.5 Å². The van der Waals surface area contributed by atoms with Crippen molar-refractivity contribution < 1.29 is 23.9 Å². The first-order valence-corrected chi connectivity index (χ1v) is 14.0. The van der Waals surface area contributed by atoms with E-state index in [1.54, 1.807) is 11.1 Å². The third-order valence-corrected chi connectivity index (χ3v) is 7.27. The number of carbonyl (C=O) groups excluding carboxylic acids is 4. The lowest BCUT2D eigenvalue weighted by Crippen LogP contribution is -2.58. The molecule has 1 fully saturated rings. The summed E-state index contributed by atoms with van der Waals surface area (Å²) >= 11 is 0. The molecular formula is C31H39N5O5. The molecule has 41 heavy (non-hydrogen) atoms. The SMILES string of the molecule is COCC(=O)N1C=C(c2ccccc2)N(CC(=O)NC(Cc2ccccc2)C(=O)N2CCNCC2)C(=O)C1C(C)C. The zero-order valence-electron chi connectivity index (χ0n) is 23.9. The van der Waals surface area contributed by atoms with Crippen molar-refractivity contribution >= 4 is 29.3 Å². The van der Waals surface area contributed by atoms with Crippen LogP contribution in [0.15, 0.2) is 66.9 Å². The summed E-state index contributed by atoms with van der Waals surface area (Å²) in [5.74, 6) is -1.54. The molecule has 2 aliphatic heterocycles. The lowest BCUT2D eigenvalue weighted by atomic mass is 9.97. The van der Waals surface area contributed by atoms with E-state index in [1.165, 1.54) is 16.9 Å². The van der Waals surface area contributed by atoms with Crippen LogP contribution < -0.4 is 10.6 Å². The van der Waals surface area contributed by atoms with E-state index in [4.69, 9.17) is 4.74 Å². The van der Waals surface area contributed by atoms with Crippen molar-refractivity contribution in [2.75, 3.05) is 46.4 Å². The molecule has 2 heterocycles. The summed E-state index contributed by atoms with van der Waals surface area (Å²) in [6, 6.07) is 17.1. The second-order valence-corrected chi connectivity index (χ2v) is 10.6. The minimum absolute atomic E-state index is 0.149. The van der Waals surface area contributed by atoms with Gasteiger partial charge < -0.3 is 25.2 Å². The molecule has 0 saturated carbocycles. The monoisotopic (exact) mass is 561 g/mol. The number of carbonyl (C=O) groups is 4. The number of ether oxygens (including phenoxy) is 1. The highest BCUT2D eigenvalue weighted by molar-refractivity contribution is 6.00. The van der Waals surface area contributed by atoms with Crippen LogP contribution in [0.5, 0.6) is 0 Å². The van der Waals surface area contributed by atoms with Crippen LogP contribution in [-0.2, 0) is 30.3 Å². The van der Waals surface area contributed by atoms with Crippen molar-refractivity contribution in [2.45, 2.75) is 32.4 Å². The first-order valence-electron chi connectivity index (χ1n) is 14.0. The average molecular weight is 562 g/mol. The van der Waals surface area contributed by atoms with E-state index >= 15 is 0 Å². The van der Waals surface area contributed by atoms with E-state index in [-0.39, 0.29) is 36.8 Å². The molecule has 0 aromatic heterocycles. The van der Waals surface area contributed by atoms with Gasteiger partial charge in [0, 0.05) is 45.9 Å². The Morgan fingerprint density at radius 1 is 1.00 bits per heavy atom. The minimum atomic E-state index is -0.805. The maximum atomic E-state index is 14.0. The largest absolute Gasteiger partial charge is 0.375 e. The Morgan fingerprint density at radius 3 is 2.24 bits per heavy atom. The Hall–Kier alpha value is -4.02. The summed E-state index contributed by atoms with van der Waals surface area (Å²) in [5, 5.41) is 6.17. The molecule has 0 radical (unpaired) electrons. The summed E-state index contributed by atoms with van der Waals surface area (Å²) in [5.41, 5.74) is 2.04. The van der Waals surface area contributed by atoms with Crippen molar-refractivity contribution in [1.82, 2.24) is 25.3 Å². The molecule has 0 spiro atoms. The van der Waals surface area contributed by atoms with Gasteiger partial charge in [-0.2, -0.15) is 0 Å². The summed E-state index contributed by atoms with van der Waals surface area (Å²) in [4.78, 5) is 58.7. The molecular weight excluding hydrogens is 522 g/mol. The molecule has 218 valence electrons. The molecule has 2 aliphatic rings. The zero-order chi connectivity index (χ0) is 29.4. The number of piperazine rings is 1. The van der Waals surface area contributed by atoms with Crippen LogP contribution in [-0.4, -0.2) is 96.9 Å². The summed E-state index contributed by atoms with van der Waals surface area (Å²) in [7, 11) is 1.43. The molecule has 2 aromatic rings. The quantitative estimate of drug-likeness (QED) is 0.455. The van der Waals surface area contributed by atoms with E-state index in [0.717, 1.165) is 5.56 Å². The predicted molar refractivity (Wildman–Crippen MR) is 155 cm³/mol. The van der Waals surface area contributed by atoms with E-state index in [0.29, 0.717) is 43.9 Å². The number of methoxy groups -OCH3 is 1. The number of hydrogen-bond acceptors (Lipinski definition) is 6. The standard InChI is InChI=1S/C31H39N5O5/c1-22(2)29-31(40)35(26(24-12-8-5-9-13-24)19-36(29)28(38)21-41-3)20-27(37)33-25(18-23-10-6-4-7-11-23)30(39)34-16-14-32-15-17-34/h4-13,19,22,25,29,32H,14-18,20-21H2,1-3H3,(H,33,37). The van der Waals surface area contributed by atoms with Gasteiger partial charge in [-0.3, -0.25) is 24.1 Å². The second-order valence-electron chi connectivity index (χ2n) is 10.6. The topological polar surface area (TPSA) is 111 Å². The Bertz CT molecular complexity index is 1240. The second kappa shape index (κ2) is 14.0. The van der Waals surface area contributed by atoms with Gasteiger partial charge in [0.05, 0.1) is 5.70 Å². The van der Waals surface area contributed by atoms with Gasteiger partial charge in [0.15, 0.2) is 0 Å². The maximum Gasteiger partial charge on any atom is 0.253 e. The normalized spacial score (nSPS) is 18.2. The predicted octanol–water partition coefficient (Wildman–Crippen LogP) is 1.49. The van der Waals surface area contributed by atoms with Crippen LogP contribution in [0, 0.1) is 5.92 Å². The van der Waals surface area contributed by atoms with E-state index in [9.17, 15) is 19.2 Å². The fraction of sp³-hybridized carbons (Fsp3) is 0.419. The number of nitrogens with one attached hydrogen (secondary N) is 2. The molecule has 2 N–H and O–H groups in total. The van der Waals surface area contributed by atoms with E-state index < -0.39 is 18.0 Å². The third kappa shape index (κ3) is 7.39. The van der Waals surface area contributed by atoms with Crippen molar-refractivity contribution in [2.24, 2.45) is 5.92 Å². The Balaban J connectivity index is 1.62. The van der Waals surface area contributed by atoms with Crippen LogP contribution in [0.4, 0.5) is 0 Å². The number of amides is 4. The highest BCUT2D eigenvalue weighted by Crippen LogP contribution is 2.30. The number of hydrogen-bond donors (Lipinski definition) is 2. The van der Waals surface area contributed by atoms with Crippen LogP contribution in [0.3, 0.4) is 0 Å². The Morgan fingerprint density at radius 2 is 1.63 bits per heavy atom. The van der Waals surface area contributed by atoms with Gasteiger partial charge in [0.25, 0.3) is 11.8 Å². The van der Waals surface area contributed by atoms with E-state index in [1.807, 2.05) is 74.5 Å². The van der Waals surface area contributed by atoms with Crippen molar-refractivity contribution in [1.29, 1.82) is 0 Å². The molecule has 0 aliphatic carbocycles. The van der Waals surface area contributed by atoms with Gasteiger partial charge in [0.1, 0.15) is 25.2 Å². The van der Waals surface area contributed by atoms with Gasteiger partial charge in [0.2, 0.25) is 11.8 Å². The molecule has 10 nitrogen and oxygen atoms in total. The van der Waals surface area contributed by atoms with Gasteiger partial charge in [-0.15, -0.1) is 0 Å². The fourth-order valence-electron chi connectivity index (χ4n) is 5.25.